The van der Waals surface area contributed by atoms with E-state index in [0.29, 0.717) is 31.9 Å². The van der Waals surface area contributed by atoms with Gasteiger partial charge < -0.3 is 9.84 Å². The highest BCUT2D eigenvalue weighted by atomic mass is 19.1. The summed E-state index contributed by atoms with van der Waals surface area (Å²) in [5.41, 5.74) is 0.608. The number of hydrogen-bond acceptors (Lipinski definition) is 3. The average molecular weight is 259 g/mol. The summed E-state index contributed by atoms with van der Waals surface area (Å²) >= 11 is 0. The molecule has 0 amide bonds. The molecule has 0 radical (unpaired) electrons. The van der Waals surface area contributed by atoms with E-state index in [2.05, 4.69) is 0 Å². The molecule has 0 spiro atoms. The van der Waals surface area contributed by atoms with Gasteiger partial charge in [0.25, 0.3) is 0 Å². The number of ether oxygens (including phenoxy) is 1. The smallest absolute Gasteiger partial charge is 0.126 e. The molecule has 1 aromatic rings. The maximum Gasteiger partial charge on any atom is 0.126 e. The third kappa shape index (κ3) is 5.53. The van der Waals surface area contributed by atoms with Crippen LogP contribution in [0, 0.1) is 11.6 Å². The number of hydrogen-bond donors (Lipinski definition) is 1. The van der Waals surface area contributed by atoms with Gasteiger partial charge in [0.1, 0.15) is 11.6 Å². The van der Waals surface area contributed by atoms with E-state index in [1.54, 1.807) is 0 Å². The van der Waals surface area contributed by atoms with E-state index in [1.807, 2.05) is 11.8 Å². The van der Waals surface area contributed by atoms with Gasteiger partial charge in [-0.1, -0.05) is 6.92 Å². The lowest BCUT2D eigenvalue weighted by Crippen LogP contribution is -2.27. The molecule has 0 aliphatic heterocycles. The van der Waals surface area contributed by atoms with Crippen LogP contribution in [-0.4, -0.2) is 42.9 Å². The minimum absolute atomic E-state index is 0.00122. The van der Waals surface area contributed by atoms with E-state index in [-0.39, 0.29) is 6.61 Å². The molecule has 3 nitrogen and oxygen atoms in total. The van der Waals surface area contributed by atoms with Gasteiger partial charge in [-0.05, 0) is 24.2 Å². The van der Waals surface area contributed by atoms with Crippen molar-refractivity contribution in [1.82, 2.24) is 4.90 Å². The van der Waals surface area contributed by atoms with Crippen LogP contribution in [0.3, 0.4) is 0 Å². The van der Waals surface area contributed by atoms with Crippen molar-refractivity contribution < 1.29 is 18.6 Å². The molecular weight excluding hydrogens is 240 g/mol. The summed E-state index contributed by atoms with van der Waals surface area (Å²) < 4.78 is 31.2. The molecule has 0 atom stereocenters. The highest BCUT2D eigenvalue weighted by Gasteiger charge is 2.06. The van der Waals surface area contributed by atoms with E-state index in [0.717, 1.165) is 12.6 Å². The second-order valence-electron chi connectivity index (χ2n) is 3.98. The van der Waals surface area contributed by atoms with Crippen LogP contribution >= 0.6 is 0 Å². The van der Waals surface area contributed by atoms with E-state index < -0.39 is 11.6 Å². The number of rotatable bonds is 8. The monoisotopic (exact) mass is 259 g/mol. The summed E-state index contributed by atoms with van der Waals surface area (Å²) in [5, 5.41) is 8.56. The Bertz CT molecular complexity index is 341. The molecule has 102 valence electrons. The largest absolute Gasteiger partial charge is 0.394 e. The van der Waals surface area contributed by atoms with Gasteiger partial charge in [0.2, 0.25) is 0 Å². The van der Waals surface area contributed by atoms with Gasteiger partial charge in [0, 0.05) is 19.2 Å². The van der Waals surface area contributed by atoms with Gasteiger partial charge in [-0.25, -0.2) is 8.78 Å². The van der Waals surface area contributed by atoms with Gasteiger partial charge in [0.05, 0.1) is 19.8 Å². The van der Waals surface area contributed by atoms with E-state index in [4.69, 9.17) is 9.84 Å². The van der Waals surface area contributed by atoms with E-state index in [9.17, 15) is 8.78 Å². The molecule has 0 aliphatic rings. The Labute approximate surface area is 106 Å². The third-order valence-electron chi connectivity index (χ3n) is 2.56. The van der Waals surface area contributed by atoms with Gasteiger partial charge in [-0.15, -0.1) is 0 Å². The minimum Gasteiger partial charge on any atom is -0.394 e. The maximum atomic E-state index is 13.0. The minimum atomic E-state index is -0.558. The Morgan fingerprint density at radius 2 is 1.83 bits per heavy atom. The zero-order chi connectivity index (χ0) is 13.4. The molecule has 1 N–H and O–H groups in total. The second-order valence-corrected chi connectivity index (χ2v) is 3.98. The Morgan fingerprint density at radius 3 is 2.39 bits per heavy atom. The Hall–Kier alpha value is -1.04. The van der Waals surface area contributed by atoms with E-state index >= 15 is 0 Å². The van der Waals surface area contributed by atoms with Gasteiger partial charge >= 0.3 is 0 Å². The quantitative estimate of drug-likeness (QED) is 0.723. The van der Waals surface area contributed by atoms with Crippen LogP contribution in [0.15, 0.2) is 18.2 Å². The topological polar surface area (TPSA) is 32.7 Å². The second kappa shape index (κ2) is 8.13. The molecule has 1 rings (SSSR count). The van der Waals surface area contributed by atoms with Crippen LogP contribution in [0.4, 0.5) is 8.78 Å². The molecule has 0 unspecified atom stereocenters. The summed E-state index contributed by atoms with van der Waals surface area (Å²) in [7, 11) is 0. The SMILES string of the molecule is CCN(CCOCCO)Cc1cc(F)cc(F)c1. The van der Waals surface area contributed by atoms with Crippen molar-refractivity contribution in [3.63, 3.8) is 0 Å². The molecule has 0 heterocycles. The fourth-order valence-electron chi connectivity index (χ4n) is 1.67. The molecule has 5 heteroatoms. The molecule has 0 saturated heterocycles. The summed E-state index contributed by atoms with van der Waals surface area (Å²) in [5.74, 6) is -1.12. The van der Waals surface area contributed by atoms with Crippen molar-refractivity contribution >= 4 is 0 Å². The summed E-state index contributed by atoms with van der Waals surface area (Å²) in [6.45, 7) is 4.68. The third-order valence-corrected chi connectivity index (χ3v) is 2.56. The van der Waals surface area contributed by atoms with Crippen molar-refractivity contribution in [3.8, 4) is 0 Å². The Morgan fingerprint density at radius 1 is 1.17 bits per heavy atom. The van der Waals surface area contributed by atoms with Crippen LogP contribution in [0.25, 0.3) is 0 Å². The molecule has 0 fully saturated rings. The standard InChI is InChI=1S/C13H19F2NO2/c1-2-16(3-5-18-6-4-17)10-11-7-12(14)9-13(15)8-11/h7-9,17H,2-6,10H2,1H3. The predicted octanol–water partition coefficient (Wildman–Crippen LogP) is 1.80. The number of aliphatic hydroxyl groups excluding tert-OH is 1. The zero-order valence-electron chi connectivity index (χ0n) is 10.5. The van der Waals surface area contributed by atoms with Gasteiger partial charge in [0.15, 0.2) is 0 Å². The normalized spacial score (nSPS) is 11.2. The Balaban J connectivity index is 2.46. The number of benzene rings is 1. The first-order valence-electron chi connectivity index (χ1n) is 6.01. The molecule has 0 aromatic heterocycles. The fraction of sp³-hybridized carbons (Fsp3) is 0.538. The van der Waals surface area contributed by atoms with Crippen molar-refractivity contribution in [3.05, 3.63) is 35.4 Å². The van der Waals surface area contributed by atoms with Crippen LogP contribution in [0.1, 0.15) is 12.5 Å². The summed E-state index contributed by atoms with van der Waals surface area (Å²) in [6.07, 6.45) is 0. The zero-order valence-corrected chi connectivity index (χ0v) is 10.5. The van der Waals surface area contributed by atoms with Crippen LogP contribution in [0.2, 0.25) is 0 Å². The molecule has 0 saturated carbocycles. The molecular formula is C13H19F2NO2. The number of aliphatic hydroxyl groups is 1. The van der Waals surface area contributed by atoms with Crippen LogP contribution in [0.5, 0.6) is 0 Å². The molecule has 1 aromatic carbocycles. The van der Waals surface area contributed by atoms with E-state index in [1.165, 1.54) is 12.1 Å². The van der Waals surface area contributed by atoms with Crippen molar-refractivity contribution in [1.29, 1.82) is 0 Å². The van der Waals surface area contributed by atoms with Crippen molar-refractivity contribution in [2.45, 2.75) is 13.5 Å². The van der Waals surface area contributed by atoms with Crippen molar-refractivity contribution in [2.75, 3.05) is 32.9 Å². The first-order chi connectivity index (χ1) is 8.65. The number of halogens is 2. The lowest BCUT2D eigenvalue weighted by molar-refractivity contribution is 0.0732. The Kier molecular flexibility index (Phi) is 6.78. The average Bonchev–Trinajstić information content (AvgIpc) is 2.32. The highest BCUT2D eigenvalue weighted by Crippen LogP contribution is 2.10. The van der Waals surface area contributed by atoms with Gasteiger partial charge in [-0.2, -0.15) is 0 Å². The maximum absolute atomic E-state index is 13.0. The summed E-state index contributed by atoms with van der Waals surface area (Å²) in [6, 6.07) is 3.53. The van der Waals surface area contributed by atoms with Crippen molar-refractivity contribution in [2.24, 2.45) is 0 Å². The number of nitrogens with zero attached hydrogens (tertiary/aromatic N) is 1. The fourth-order valence-corrected chi connectivity index (χ4v) is 1.67. The molecule has 0 bridgehead atoms. The molecule has 0 aliphatic carbocycles. The van der Waals surface area contributed by atoms with Crippen LogP contribution in [-0.2, 0) is 11.3 Å². The van der Waals surface area contributed by atoms with Crippen LogP contribution < -0.4 is 0 Å². The van der Waals surface area contributed by atoms with Gasteiger partial charge in [-0.3, -0.25) is 4.90 Å². The lowest BCUT2D eigenvalue weighted by Gasteiger charge is -2.20. The molecule has 18 heavy (non-hydrogen) atoms. The first-order valence-corrected chi connectivity index (χ1v) is 6.01. The predicted molar refractivity (Wildman–Crippen MR) is 65.2 cm³/mol. The lowest BCUT2D eigenvalue weighted by atomic mass is 10.2. The first kappa shape index (κ1) is 15.0. The summed E-state index contributed by atoms with van der Waals surface area (Å²) in [4.78, 5) is 2.02. The number of likely N-dealkylation sites (N-methyl/N-ethyl adjacent to an activating group) is 1. The highest BCUT2D eigenvalue weighted by molar-refractivity contribution is 5.17.